The zero-order valence-electron chi connectivity index (χ0n) is 75.8. The summed E-state index contributed by atoms with van der Waals surface area (Å²) in [6.07, 6.45) is 0. The molecule has 26 heteroatoms. The van der Waals surface area contributed by atoms with E-state index in [1.165, 1.54) is 11.1 Å². The van der Waals surface area contributed by atoms with Gasteiger partial charge in [0.05, 0.1) is 304 Å². The van der Waals surface area contributed by atoms with Crippen molar-refractivity contribution >= 4 is 21.5 Å². The first-order valence-corrected chi connectivity index (χ1v) is 44.9. The number of hydrogen-bond acceptors (Lipinski definition) is 26. The normalized spacial score (nSPS) is 11.7. The molecule has 0 N–H and O–H groups in total. The van der Waals surface area contributed by atoms with Gasteiger partial charge >= 0.3 is 0 Å². The van der Waals surface area contributed by atoms with Crippen molar-refractivity contribution in [3.63, 3.8) is 0 Å². The van der Waals surface area contributed by atoms with Crippen molar-refractivity contribution in [2.75, 3.05) is 332 Å². The van der Waals surface area contributed by atoms with Crippen LogP contribution in [0.1, 0.15) is 0 Å². The second-order valence-electron chi connectivity index (χ2n) is 29.6. The minimum absolute atomic E-state index is 0.169. The lowest BCUT2D eigenvalue weighted by atomic mass is 9.92. The molecule has 702 valence electrons. The van der Waals surface area contributed by atoms with E-state index in [-0.39, 0.29) is 51.5 Å². The van der Waals surface area contributed by atoms with Gasteiger partial charge in [0.25, 0.3) is 0 Å². The van der Waals surface area contributed by atoms with Crippen LogP contribution in [0.4, 0.5) is 0 Å². The Morgan fingerprint density at radius 1 is 0.148 bits per heavy atom. The molecule has 0 saturated heterocycles. The predicted molar refractivity (Wildman–Crippen MR) is 496 cm³/mol. The fraction of sp³-hybridized carbons (Fsp3) is 0.510. The average molecular weight is 1780 g/mol. The van der Waals surface area contributed by atoms with Gasteiger partial charge in [0, 0.05) is 51.0 Å². The van der Waals surface area contributed by atoms with E-state index in [9.17, 15) is 0 Å². The number of hydrogen-bond donors (Lipinski definition) is 0. The Morgan fingerprint density at radius 3 is 0.492 bits per heavy atom. The van der Waals surface area contributed by atoms with Crippen LogP contribution in [0.25, 0.3) is 88.3 Å². The highest BCUT2D eigenvalue weighted by atomic mass is 16.6. The summed E-state index contributed by atoms with van der Waals surface area (Å²) in [6.45, 7) is 18.9. The summed E-state index contributed by atoms with van der Waals surface area (Å²) in [6, 6.07) is 69.0. The van der Waals surface area contributed by atoms with Gasteiger partial charge in [0.2, 0.25) is 0 Å². The SMILES string of the molecule is COCCOCCOCCOCCOCCOCC(COCCOCCOCCOCCOCCOC)COc1c(OCC(COCCOCCOCCOCCOCCOC)COCCOCCOCCOCCOCCOC)c2cc(-c3ccc(-c4ccc(-c5ccccc5)cc4)cc3)ccc2c2ccc(-c3ccc(-c4ccc(-c5ccccc5)cc4)cc3)cc12. The first kappa shape index (κ1) is 104. The van der Waals surface area contributed by atoms with Crippen molar-refractivity contribution in [1.82, 2.24) is 0 Å². The van der Waals surface area contributed by atoms with Crippen molar-refractivity contribution in [2.45, 2.75) is 0 Å². The second kappa shape index (κ2) is 68.2. The van der Waals surface area contributed by atoms with E-state index in [0.29, 0.717) is 276 Å². The van der Waals surface area contributed by atoms with E-state index >= 15 is 0 Å². The Bertz CT molecular complexity index is 3870. The Morgan fingerprint density at radius 2 is 0.305 bits per heavy atom. The molecule has 9 rings (SSSR count). The standard InChI is InChI=1S/C102H138O26/c1-103-35-39-107-43-47-111-51-55-115-59-63-119-67-71-123-77-83(78-124-72-68-120-64-60-116-56-52-112-48-44-108-40-36-104-2)81-127-101-99-75-95(93-27-23-91(24-28-93)89-19-15-87(16-20-89)85-11-7-5-8-12-85)31-33-97(99)98-34-32-96(94-29-25-92(26-30-94)90-21-17-88(18-22-90)86-13-9-6-10-14-86)76-100(98)102(101)128-82-84(79-125-73-69-121-65-61-117-57-53-113-49-45-109-41-37-105-3)80-126-74-70-122-66-62-118-58-54-114-50-46-110-42-38-106-4/h5-34,75-76,83-84H,35-74,77-82H2,1-4H3. The molecule has 0 heterocycles. The molecule has 26 nitrogen and oxygen atoms in total. The second-order valence-corrected chi connectivity index (χ2v) is 29.6. The van der Waals surface area contributed by atoms with E-state index in [4.69, 9.17) is 123 Å². The molecule has 0 aliphatic rings. The summed E-state index contributed by atoms with van der Waals surface area (Å²) in [5.74, 6) is 0.519. The summed E-state index contributed by atoms with van der Waals surface area (Å²) >= 11 is 0. The minimum atomic E-state index is -0.294. The summed E-state index contributed by atoms with van der Waals surface area (Å²) in [7, 11) is 6.59. The topological polar surface area (TPSA) is 240 Å². The van der Waals surface area contributed by atoms with Crippen LogP contribution >= 0.6 is 0 Å². The lowest BCUT2D eigenvalue weighted by molar-refractivity contribution is -0.0332. The summed E-state index contributed by atoms with van der Waals surface area (Å²) in [5, 5.41) is 3.64. The molecule has 0 fully saturated rings. The van der Waals surface area contributed by atoms with Gasteiger partial charge in [0.15, 0.2) is 11.5 Å². The smallest absolute Gasteiger partial charge is 0.169 e. The van der Waals surface area contributed by atoms with Crippen LogP contribution in [0.3, 0.4) is 0 Å². The van der Waals surface area contributed by atoms with Gasteiger partial charge in [-0.15, -0.1) is 0 Å². The van der Waals surface area contributed by atoms with E-state index in [2.05, 4.69) is 182 Å². The Labute approximate surface area is 757 Å². The van der Waals surface area contributed by atoms with Crippen LogP contribution in [-0.4, -0.2) is 332 Å². The van der Waals surface area contributed by atoms with Crippen molar-refractivity contribution in [2.24, 2.45) is 11.8 Å². The van der Waals surface area contributed by atoms with E-state index in [1.54, 1.807) is 28.4 Å². The number of methoxy groups -OCH3 is 4. The maximum absolute atomic E-state index is 7.48. The Hall–Kier alpha value is -7.86. The highest BCUT2D eigenvalue weighted by Gasteiger charge is 2.24. The molecule has 0 aliphatic carbocycles. The largest absolute Gasteiger partial charge is 0.489 e. The number of fused-ring (bicyclic) bond motifs is 3. The molecule has 0 aliphatic heterocycles. The molecule has 9 aromatic carbocycles. The van der Waals surface area contributed by atoms with Crippen molar-refractivity contribution in [1.29, 1.82) is 0 Å². The van der Waals surface area contributed by atoms with Crippen LogP contribution in [0.5, 0.6) is 11.5 Å². The molecule has 0 spiro atoms. The fourth-order valence-electron chi connectivity index (χ4n) is 13.3. The monoisotopic (exact) mass is 1780 g/mol. The van der Waals surface area contributed by atoms with Gasteiger partial charge < -0.3 is 123 Å². The molecule has 0 unspecified atom stereocenters. The van der Waals surface area contributed by atoms with Gasteiger partial charge in [-0.2, -0.15) is 0 Å². The Balaban J connectivity index is 0.988. The first-order chi connectivity index (χ1) is 63.5. The van der Waals surface area contributed by atoms with Gasteiger partial charge in [-0.1, -0.05) is 182 Å². The van der Waals surface area contributed by atoms with Crippen LogP contribution in [0.15, 0.2) is 194 Å². The lowest BCUT2D eigenvalue weighted by Crippen LogP contribution is -2.26. The number of rotatable bonds is 80. The summed E-state index contributed by atoms with van der Waals surface area (Å²) in [5.41, 5.74) is 13.1. The number of ether oxygens (including phenoxy) is 26. The van der Waals surface area contributed by atoms with Crippen molar-refractivity contribution in [3.05, 3.63) is 194 Å². The summed E-state index contributed by atoms with van der Waals surface area (Å²) in [4.78, 5) is 0. The van der Waals surface area contributed by atoms with E-state index in [0.717, 1.165) is 77.2 Å². The van der Waals surface area contributed by atoms with Crippen molar-refractivity contribution < 1.29 is 123 Å². The van der Waals surface area contributed by atoms with E-state index in [1.807, 2.05) is 12.1 Å². The van der Waals surface area contributed by atoms with E-state index < -0.39 is 0 Å². The number of benzene rings is 9. The first-order valence-electron chi connectivity index (χ1n) is 44.9. The predicted octanol–water partition coefficient (Wildman–Crippen LogP) is 14.9. The third-order valence-electron chi connectivity index (χ3n) is 20.1. The highest BCUT2D eigenvalue weighted by Crippen LogP contribution is 2.47. The molecule has 128 heavy (non-hydrogen) atoms. The molecular formula is C102H138O26. The van der Waals surface area contributed by atoms with Gasteiger partial charge in [-0.3, -0.25) is 0 Å². The minimum Gasteiger partial charge on any atom is -0.489 e. The maximum Gasteiger partial charge on any atom is 0.169 e. The lowest BCUT2D eigenvalue weighted by Gasteiger charge is -2.24. The third kappa shape index (κ3) is 42.1. The van der Waals surface area contributed by atoms with Gasteiger partial charge in [-0.25, -0.2) is 0 Å². The van der Waals surface area contributed by atoms with Gasteiger partial charge in [-0.05, 0) is 89.7 Å². The molecule has 9 aromatic rings. The third-order valence-corrected chi connectivity index (χ3v) is 20.1. The fourth-order valence-corrected chi connectivity index (χ4v) is 13.3. The van der Waals surface area contributed by atoms with Gasteiger partial charge in [0.1, 0.15) is 0 Å². The molecular weight excluding hydrogens is 1640 g/mol. The zero-order chi connectivity index (χ0) is 89.1. The Kier molecular flexibility index (Phi) is 55.3. The summed E-state index contributed by atoms with van der Waals surface area (Å²) < 4.78 is 153. The molecule has 0 radical (unpaired) electrons. The van der Waals surface area contributed by atoms with Crippen molar-refractivity contribution in [3.8, 4) is 78.3 Å². The molecule has 0 atom stereocenters. The molecule has 0 amide bonds. The quantitative estimate of drug-likeness (QED) is 0.0254. The van der Waals surface area contributed by atoms with Crippen LogP contribution in [-0.2, 0) is 114 Å². The maximum atomic E-state index is 7.48. The van der Waals surface area contributed by atoms with Crippen LogP contribution in [0.2, 0.25) is 0 Å². The molecule has 0 bridgehead atoms. The highest BCUT2D eigenvalue weighted by molar-refractivity contribution is 6.15. The zero-order valence-corrected chi connectivity index (χ0v) is 75.8. The van der Waals surface area contributed by atoms with Crippen LogP contribution in [0, 0.1) is 11.8 Å². The van der Waals surface area contributed by atoms with Crippen LogP contribution < -0.4 is 9.47 Å². The average Bonchev–Trinajstić information content (AvgIpc) is 0.739. The molecule has 0 saturated carbocycles. The molecule has 0 aromatic heterocycles.